The van der Waals surface area contributed by atoms with Gasteiger partial charge in [0.2, 0.25) is 0 Å². The predicted octanol–water partition coefficient (Wildman–Crippen LogP) is 2.28. The van der Waals surface area contributed by atoms with Gasteiger partial charge in [-0.05, 0) is 55.3 Å². The van der Waals surface area contributed by atoms with E-state index in [1.54, 1.807) is 12.1 Å². The number of nitrogens with one attached hydrogen (secondary N) is 1. The van der Waals surface area contributed by atoms with Crippen molar-refractivity contribution in [3.05, 3.63) is 59.2 Å². The average Bonchev–Trinajstić information content (AvgIpc) is 2.64. The van der Waals surface area contributed by atoms with Crippen molar-refractivity contribution in [1.29, 1.82) is 0 Å². The number of amides is 1. The summed E-state index contributed by atoms with van der Waals surface area (Å²) in [7, 11) is -1.46. The first-order chi connectivity index (χ1) is 13.1. The zero-order chi connectivity index (χ0) is 20.9. The summed E-state index contributed by atoms with van der Waals surface area (Å²) >= 11 is 0. The van der Waals surface area contributed by atoms with E-state index in [9.17, 15) is 18.0 Å². The molecule has 9 heteroatoms. The number of sulfonamides is 1. The lowest BCUT2D eigenvalue weighted by Crippen LogP contribution is -2.26. The molecule has 0 saturated heterocycles. The number of nitrogens with zero attached hydrogens (tertiary/aromatic N) is 1. The Morgan fingerprint density at radius 1 is 1.07 bits per heavy atom. The first kappa shape index (κ1) is 21.5. The summed E-state index contributed by atoms with van der Waals surface area (Å²) in [6.07, 6.45) is 0. The molecule has 2 aromatic rings. The molecule has 0 aliphatic heterocycles. The van der Waals surface area contributed by atoms with Crippen LogP contribution in [0.1, 0.15) is 21.5 Å². The number of rotatable bonds is 7. The summed E-state index contributed by atoms with van der Waals surface area (Å²) in [6, 6.07) is 10.9. The Labute approximate surface area is 164 Å². The van der Waals surface area contributed by atoms with Gasteiger partial charge in [0.25, 0.3) is 15.9 Å². The maximum atomic E-state index is 12.2. The average molecular weight is 406 g/mol. The second kappa shape index (κ2) is 8.96. The predicted molar refractivity (Wildman–Crippen MR) is 103 cm³/mol. The number of hydroxylamine groups is 1. The molecule has 2 rings (SSSR count). The highest BCUT2D eigenvalue weighted by Gasteiger charge is 2.22. The smallest absolute Gasteiger partial charge is 0.338 e. The Balaban J connectivity index is 2.03. The van der Waals surface area contributed by atoms with Crippen LogP contribution >= 0.6 is 0 Å². The van der Waals surface area contributed by atoms with Gasteiger partial charge in [-0.15, -0.1) is 0 Å². The molecule has 0 saturated carbocycles. The van der Waals surface area contributed by atoms with Gasteiger partial charge in [-0.2, -0.15) is 0 Å². The molecule has 0 bridgehead atoms. The third-order valence-electron chi connectivity index (χ3n) is 3.80. The summed E-state index contributed by atoms with van der Waals surface area (Å²) < 4.78 is 30.2. The fourth-order valence-corrected chi connectivity index (χ4v) is 3.51. The molecule has 0 spiro atoms. The van der Waals surface area contributed by atoms with Crippen LogP contribution in [0.25, 0.3) is 0 Å². The molecule has 0 radical (unpaired) electrons. The van der Waals surface area contributed by atoms with E-state index in [1.165, 1.54) is 32.4 Å². The van der Waals surface area contributed by atoms with E-state index < -0.39 is 28.5 Å². The highest BCUT2D eigenvalue weighted by molar-refractivity contribution is 7.89. The van der Waals surface area contributed by atoms with E-state index in [1.807, 2.05) is 19.9 Å². The van der Waals surface area contributed by atoms with Crippen molar-refractivity contribution in [1.82, 2.24) is 4.47 Å². The second-order valence-electron chi connectivity index (χ2n) is 6.13. The lowest BCUT2D eigenvalue weighted by molar-refractivity contribution is -0.119. The minimum Gasteiger partial charge on any atom is -0.452 e. The van der Waals surface area contributed by atoms with Crippen molar-refractivity contribution < 1.29 is 27.6 Å². The number of carbonyl (C=O) groups excluding carboxylic acids is 2. The molecule has 0 unspecified atom stereocenters. The number of aryl methyl sites for hydroxylation is 2. The molecule has 8 nitrogen and oxygen atoms in total. The van der Waals surface area contributed by atoms with Crippen molar-refractivity contribution in [3.8, 4) is 0 Å². The number of carbonyl (C=O) groups is 2. The number of hydrogen-bond acceptors (Lipinski definition) is 6. The van der Waals surface area contributed by atoms with Gasteiger partial charge < -0.3 is 10.1 Å². The fraction of sp³-hybridized carbons (Fsp3) is 0.263. The molecule has 0 aliphatic carbocycles. The third-order valence-corrected chi connectivity index (χ3v) is 5.48. The van der Waals surface area contributed by atoms with Crippen molar-refractivity contribution in [3.63, 3.8) is 0 Å². The van der Waals surface area contributed by atoms with Gasteiger partial charge >= 0.3 is 5.97 Å². The van der Waals surface area contributed by atoms with Gasteiger partial charge in [0.15, 0.2) is 6.61 Å². The Kier molecular flexibility index (Phi) is 6.90. The number of hydrogen-bond donors (Lipinski definition) is 1. The van der Waals surface area contributed by atoms with Crippen LogP contribution in [-0.2, 0) is 24.4 Å². The maximum absolute atomic E-state index is 12.2. The van der Waals surface area contributed by atoms with Crippen LogP contribution in [0.15, 0.2) is 47.4 Å². The zero-order valence-electron chi connectivity index (χ0n) is 16.1. The fourth-order valence-electron chi connectivity index (χ4n) is 2.49. The van der Waals surface area contributed by atoms with E-state index in [4.69, 9.17) is 9.57 Å². The standard InChI is InChI=1S/C19H22N2O6S/c1-13-8-14(2)10-16(9-13)20-18(22)12-27-19(23)15-6-5-7-17(11-15)28(24,25)21(3)26-4/h5-11H,12H2,1-4H3,(H,20,22). The molecular formula is C19H22N2O6S. The topological polar surface area (TPSA) is 102 Å². The molecule has 0 aromatic heterocycles. The Morgan fingerprint density at radius 3 is 2.32 bits per heavy atom. The van der Waals surface area contributed by atoms with Crippen LogP contribution in [0.5, 0.6) is 0 Å². The molecule has 1 N–H and O–H groups in total. The Hall–Kier alpha value is -2.75. The zero-order valence-corrected chi connectivity index (χ0v) is 16.9. The van der Waals surface area contributed by atoms with Gasteiger partial charge in [0, 0.05) is 12.7 Å². The Bertz CT molecular complexity index is 967. The van der Waals surface area contributed by atoms with Crippen LogP contribution in [0.2, 0.25) is 0 Å². The minimum absolute atomic E-state index is 0.00442. The van der Waals surface area contributed by atoms with Gasteiger partial charge in [-0.1, -0.05) is 16.6 Å². The lowest BCUT2D eigenvalue weighted by atomic mass is 10.1. The van der Waals surface area contributed by atoms with Gasteiger partial charge in [-0.25, -0.2) is 13.2 Å². The minimum atomic E-state index is -3.90. The quantitative estimate of drug-likeness (QED) is 0.559. The number of esters is 1. The van der Waals surface area contributed by atoms with Crippen molar-refractivity contribution in [2.24, 2.45) is 0 Å². The van der Waals surface area contributed by atoms with Crippen molar-refractivity contribution in [2.45, 2.75) is 18.7 Å². The van der Waals surface area contributed by atoms with E-state index in [0.717, 1.165) is 17.2 Å². The summed E-state index contributed by atoms with van der Waals surface area (Å²) in [5.41, 5.74) is 2.59. The second-order valence-corrected chi connectivity index (χ2v) is 8.06. The van der Waals surface area contributed by atoms with Gasteiger partial charge in [0.05, 0.1) is 17.6 Å². The number of ether oxygens (including phenoxy) is 1. The van der Waals surface area contributed by atoms with E-state index in [-0.39, 0.29) is 10.5 Å². The van der Waals surface area contributed by atoms with E-state index in [2.05, 4.69) is 5.32 Å². The van der Waals surface area contributed by atoms with Crippen LogP contribution in [-0.4, -0.2) is 45.5 Å². The monoisotopic (exact) mass is 406 g/mol. The number of anilines is 1. The SMILES string of the molecule is CON(C)S(=O)(=O)c1cccc(C(=O)OCC(=O)Nc2cc(C)cc(C)c2)c1. The van der Waals surface area contributed by atoms with Crippen molar-refractivity contribution in [2.75, 3.05) is 26.1 Å². The summed E-state index contributed by atoms with van der Waals surface area (Å²) in [6.45, 7) is 3.32. The molecular weight excluding hydrogens is 384 g/mol. The van der Waals surface area contributed by atoms with Gasteiger partial charge in [-0.3, -0.25) is 9.63 Å². The maximum Gasteiger partial charge on any atom is 0.338 e. The molecule has 0 aliphatic rings. The normalized spacial score (nSPS) is 11.3. The highest BCUT2D eigenvalue weighted by Crippen LogP contribution is 2.17. The van der Waals surface area contributed by atoms with Crippen molar-refractivity contribution >= 4 is 27.6 Å². The lowest BCUT2D eigenvalue weighted by Gasteiger charge is -2.14. The summed E-state index contributed by atoms with van der Waals surface area (Å²) in [5.74, 6) is -1.31. The molecule has 28 heavy (non-hydrogen) atoms. The van der Waals surface area contributed by atoms with Crippen LogP contribution in [0, 0.1) is 13.8 Å². The molecule has 1 amide bonds. The molecule has 150 valence electrons. The molecule has 0 fully saturated rings. The largest absolute Gasteiger partial charge is 0.452 e. The number of benzene rings is 2. The van der Waals surface area contributed by atoms with Crippen LogP contribution in [0.4, 0.5) is 5.69 Å². The highest BCUT2D eigenvalue weighted by atomic mass is 32.2. The molecule has 0 heterocycles. The van der Waals surface area contributed by atoms with E-state index >= 15 is 0 Å². The molecule has 2 aromatic carbocycles. The Morgan fingerprint density at radius 2 is 1.71 bits per heavy atom. The first-order valence-electron chi connectivity index (χ1n) is 8.32. The van der Waals surface area contributed by atoms with Gasteiger partial charge in [0.1, 0.15) is 0 Å². The third kappa shape index (κ3) is 5.38. The van der Waals surface area contributed by atoms with Crippen LogP contribution < -0.4 is 5.32 Å². The summed E-state index contributed by atoms with van der Waals surface area (Å²) in [4.78, 5) is 28.8. The molecule has 0 atom stereocenters. The van der Waals surface area contributed by atoms with E-state index in [0.29, 0.717) is 10.2 Å². The van der Waals surface area contributed by atoms with Crippen LogP contribution in [0.3, 0.4) is 0 Å². The summed E-state index contributed by atoms with van der Waals surface area (Å²) in [5, 5.41) is 2.65. The first-order valence-corrected chi connectivity index (χ1v) is 9.76.